The summed E-state index contributed by atoms with van der Waals surface area (Å²) in [5.41, 5.74) is 0.721. The van der Waals surface area contributed by atoms with E-state index in [0.29, 0.717) is 5.75 Å². The molecule has 1 aliphatic heterocycles. The molecule has 3 rings (SSSR count). The van der Waals surface area contributed by atoms with Crippen LogP contribution in [0.3, 0.4) is 0 Å². The maximum absolute atomic E-state index is 13.4. The fourth-order valence-electron chi connectivity index (χ4n) is 3.93. The Kier molecular flexibility index (Phi) is 7.24. The number of aromatic nitrogens is 2. The molecule has 0 bridgehead atoms. The lowest BCUT2D eigenvalue weighted by Gasteiger charge is -2.47. The zero-order chi connectivity index (χ0) is 25.3. The molecule has 1 fully saturated rings. The highest BCUT2D eigenvalue weighted by atomic mass is 32.2. The first-order valence-corrected chi connectivity index (χ1v) is 12.2. The van der Waals surface area contributed by atoms with Gasteiger partial charge >= 0.3 is 12.3 Å². The number of piperazine rings is 1. The third kappa shape index (κ3) is 5.69. The van der Waals surface area contributed by atoms with Gasteiger partial charge in [-0.15, -0.1) is 0 Å². The maximum Gasteiger partial charge on any atom is 0.407 e. The predicted octanol–water partition coefficient (Wildman–Crippen LogP) is 3.21. The smallest absolute Gasteiger partial charge is 0.407 e. The number of benzene rings is 1. The highest BCUT2D eigenvalue weighted by Gasteiger charge is 2.50. The third-order valence-corrected chi connectivity index (χ3v) is 6.96. The quantitative estimate of drug-likeness (QED) is 0.641. The van der Waals surface area contributed by atoms with Crippen LogP contribution < -0.4 is 9.64 Å². The van der Waals surface area contributed by atoms with Crippen molar-refractivity contribution in [3.63, 3.8) is 0 Å². The summed E-state index contributed by atoms with van der Waals surface area (Å²) in [6.45, 7) is 2.65. The van der Waals surface area contributed by atoms with Gasteiger partial charge in [0.15, 0.2) is 15.6 Å². The van der Waals surface area contributed by atoms with Crippen molar-refractivity contribution in [3.8, 4) is 5.75 Å². The van der Waals surface area contributed by atoms with Crippen LogP contribution in [0.15, 0.2) is 41.6 Å². The zero-order valence-electron chi connectivity index (χ0n) is 18.7. The van der Waals surface area contributed by atoms with E-state index < -0.39 is 40.1 Å². The van der Waals surface area contributed by atoms with Crippen LogP contribution >= 0.6 is 0 Å². The molecule has 0 aliphatic carbocycles. The van der Waals surface area contributed by atoms with Crippen molar-refractivity contribution in [2.45, 2.75) is 43.6 Å². The molecular formula is C21H25F3N4O5S. The van der Waals surface area contributed by atoms with Crippen molar-refractivity contribution >= 4 is 21.9 Å². The Labute approximate surface area is 195 Å². The summed E-state index contributed by atoms with van der Waals surface area (Å²) in [4.78, 5) is 22.5. The van der Waals surface area contributed by atoms with Gasteiger partial charge in [-0.05, 0) is 24.6 Å². The SMILES string of the molecule is CC(C1[C@@H](C)N(c2ncc(OCc3ccc(S(C)(=O)=O)cc3)cn2)CCN1C(=O)O)C(F)(F)F. The topological polar surface area (TPSA) is 113 Å². The van der Waals surface area contributed by atoms with Crippen LogP contribution in [0, 0.1) is 5.92 Å². The van der Waals surface area contributed by atoms with Gasteiger partial charge in [0.2, 0.25) is 5.95 Å². The molecule has 2 aromatic rings. The van der Waals surface area contributed by atoms with Crippen LogP contribution in [-0.4, -0.2) is 72.1 Å². The molecule has 2 unspecified atom stereocenters. The van der Waals surface area contributed by atoms with Gasteiger partial charge in [-0.3, -0.25) is 0 Å². The zero-order valence-corrected chi connectivity index (χ0v) is 19.5. The van der Waals surface area contributed by atoms with Crippen molar-refractivity contribution in [1.29, 1.82) is 0 Å². The number of rotatable bonds is 6. The van der Waals surface area contributed by atoms with Crippen LogP contribution in [0.2, 0.25) is 0 Å². The number of amides is 1. The van der Waals surface area contributed by atoms with E-state index in [0.717, 1.165) is 23.6 Å². The number of nitrogens with zero attached hydrogens (tertiary/aromatic N) is 4. The Morgan fingerprint density at radius 2 is 1.79 bits per heavy atom. The number of carboxylic acid groups (broad SMARTS) is 1. The Bertz CT molecular complexity index is 1110. The summed E-state index contributed by atoms with van der Waals surface area (Å²) in [7, 11) is -3.30. The molecule has 1 aromatic carbocycles. The largest absolute Gasteiger partial charge is 0.486 e. The van der Waals surface area contributed by atoms with Crippen molar-refractivity contribution in [3.05, 3.63) is 42.2 Å². The molecule has 9 nitrogen and oxygen atoms in total. The third-order valence-electron chi connectivity index (χ3n) is 5.83. The number of hydrogen-bond donors (Lipinski definition) is 1. The van der Waals surface area contributed by atoms with Crippen molar-refractivity contribution < 1.29 is 36.2 Å². The van der Waals surface area contributed by atoms with Gasteiger partial charge in [0.05, 0.1) is 35.3 Å². The van der Waals surface area contributed by atoms with Crippen molar-refractivity contribution in [2.24, 2.45) is 5.92 Å². The molecule has 1 N–H and O–H groups in total. The van der Waals surface area contributed by atoms with Gasteiger partial charge in [0.1, 0.15) is 6.61 Å². The van der Waals surface area contributed by atoms with E-state index in [-0.39, 0.29) is 30.5 Å². The fraction of sp³-hybridized carbons (Fsp3) is 0.476. The molecule has 0 saturated carbocycles. The summed E-state index contributed by atoms with van der Waals surface area (Å²) >= 11 is 0. The molecule has 0 spiro atoms. The number of sulfone groups is 1. The standard InChI is InChI=1S/C21H25F3N4O5S/c1-13(21(22,23)24)18-14(2)27(8-9-28(18)20(29)30)19-25-10-16(11-26-19)33-12-15-4-6-17(7-5-15)34(3,31)32/h4-7,10-11,13-14,18H,8-9,12H2,1-3H3,(H,29,30)/t13?,14-,18?/m1/s1. The molecule has 0 radical (unpaired) electrons. The molecule has 1 aliphatic rings. The Morgan fingerprint density at radius 3 is 2.29 bits per heavy atom. The number of halogens is 3. The van der Waals surface area contributed by atoms with Crippen LogP contribution in [0.25, 0.3) is 0 Å². The molecule has 1 saturated heterocycles. The minimum Gasteiger partial charge on any atom is -0.486 e. The molecule has 1 aromatic heterocycles. The van der Waals surface area contributed by atoms with E-state index in [9.17, 15) is 31.5 Å². The molecule has 3 atom stereocenters. The van der Waals surface area contributed by atoms with Gasteiger partial charge in [0.25, 0.3) is 0 Å². The summed E-state index contributed by atoms with van der Waals surface area (Å²) in [6, 6.07) is 4.06. The number of anilines is 1. The van der Waals surface area contributed by atoms with E-state index >= 15 is 0 Å². The number of carbonyl (C=O) groups is 1. The van der Waals surface area contributed by atoms with Crippen molar-refractivity contribution in [1.82, 2.24) is 14.9 Å². The Hall–Kier alpha value is -3.09. The molecule has 2 heterocycles. The lowest BCUT2D eigenvalue weighted by atomic mass is 9.90. The molecule has 34 heavy (non-hydrogen) atoms. The van der Waals surface area contributed by atoms with Crippen LogP contribution in [0.4, 0.5) is 23.9 Å². The van der Waals surface area contributed by atoms with Gasteiger partial charge in [0, 0.05) is 19.3 Å². The van der Waals surface area contributed by atoms with Crippen LogP contribution in [0.5, 0.6) is 5.75 Å². The summed E-state index contributed by atoms with van der Waals surface area (Å²) < 4.78 is 68.9. The van der Waals surface area contributed by atoms with Gasteiger partial charge in [-0.1, -0.05) is 19.1 Å². The maximum atomic E-state index is 13.4. The minimum atomic E-state index is -4.56. The Balaban J connectivity index is 1.70. The Morgan fingerprint density at radius 1 is 1.21 bits per heavy atom. The number of alkyl halides is 3. The molecule has 13 heteroatoms. The number of hydrogen-bond acceptors (Lipinski definition) is 7. The molecule has 186 valence electrons. The first kappa shape index (κ1) is 25.5. The number of ether oxygens (including phenoxy) is 1. The van der Waals surface area contributed by atoms with Crippen molar-refractivity contribution in [2.75, 3.05) is 24.2 Å². The van der Waals surface area contributed by atoms with Gasteiger partial charge in [-0.2, -0.15) is 13.2 Å². The normalized spacial score (nSPS) is 20.2. The van der Waals surface area contributed by atoms with E-state index in [1.54, 1.807) is 17.0 Å². The lowest BCUT2D eigenvalue weighted by molar-refractivity contribution is -0.187. The molecular weight excluding hydrogens is 477 g/mol. The first-order valence-electron chi connectivity index (χ1n) is 10.4. The van der Waals surface area contributed by atoms with E-state index in [2.05, 4.69) is 9.97 Å². The highest BCUT2D eigenvalue weighted by Crippen LogP contribution is 2.36. The average Bonchev–Trinajstić information content (AvgIpc) is 2.76. The van der Waals surface area contributed by atoms with Gasteiger partial charge in [-0.25, -0.2) is 23.2 Å². The lowest BCUT2D eigenvalue weighted by Crippen LogP contribution is -2.64. The summed E-state index contributed by atoms with van der Waals surface area (Å²) in [5, 5.41) is 9.40. The van der Waals surface area contributed by atoms with Gasteiger partial charge < -0.3 is 19.6 Å². The van der Waals surface area contributed by atoms with E-state index in [4.69, 9.17) is 4.74 Å². The predicted molar refractivity (Wildman–Crippen MR) is 116 cm³/mol. The van der Waals surface area contributed by atoms with Crippen LogP contribution in [-0.2, 0) is 16.4 Å². The average molecular weight is 503 g/mol. The summed E-state index contributed by atoms with van der Waals surface area (Å²) in [6.07, 6.45) is -2.08. The van der Waals surface area contributed by atoms with Crippen LogP contribution in [0.1, 0.15) is 19.4 Å². The minimum absolute atomic E-state index is 0.115. The second-order valence-corrected chi connectivity index (χ2v) is 10.2. The first-order chi connectivity index (χ1) is 15.8. The molecule has 1 amide bonds. The van der Waals surface area contributed by atoms with E-state index in [1.807, 2.05) is 0 Å². The monoisotopic (exact) mass is 502 g/mol. The second kappa shape index (κ2) is 9.65. The highest BCUT2D eigenvalue weighted by molar-refractivity contribution is 7.90. The fourth-order valence-corrected chi connectivity index (χ4v) is 4.56. The van der Waals surface area contributed by atoms with E-state index in [1.165, 1.54) is 31.5 Å². The summed E-state index contributed by atoms with van der Waals surface area (Å²) in [5.74, 6) is -1.40. The second-order valence-electron chi connectivity index (χ2n) is 8.15.